The highest BCUT2D eigenvalue weighted by Gasteiger charge is 2.41. The third kappa shape index (κ3) is 19.1. The number of nitrogens with one attached hydrogen (secondary N) is 3. The zero-order valence-electron chi connectivity index (χ0n) is 50.4. The fourth-order valence-corrected chi connectivity index (χ4v) is 23.6. The van der Waals surface area contributed by atoms with E-state index in [2.05, 4.69) is 68.5 Å². The molecule has 21 nitrogen and oxygen atoms in total. The molecule has 2 saturated heterocycles. The monoisotopic (exact) mass is 1580 g/mol. The van der Waals surface area contributed by atoms with Gasteiger partial charge < -0.3 is 37.4 Å². The fraction of sp³-hybridized carbons (Fsp3) is 0.200. The van der Waals surface area contributed by atoms with Crippen LogP contribution in [0.1, 0.15) is 45.5 Å². The molecule has 98 heavy (non-hydrogen) atoms. The summed E-state index contributed by atoms with van der Waals surface area (Å²) in [7, 11) is 9.12. The van der Waals surface area contributed by atoms with Crippen molar-refractivity contribution in [3.8, 4) is 43.1 Å². The molecule has 0 bridgehead atoms. The first-order chi connectivity index (χ1) is 46.5. The Bertz CT molecular complexity index is 4930. The van der Waals surface area contributed by atoms with Crippen molar-refractivity contribution in [3.05, 3.63) is 167 Å². The second-order valence-corrected chi connectivity index (χ2v) is 34.2. The SMILES string of the molecule is Cc1ncc(-c2cc3c(s2)c(C(N)=O)nn3CC(=O)N2C[C@H](F)C[C@H]2C(=O)Nc2cccc(-c3ccccc3Cl)c2F)cn1.Cc1ncc(-c2cc3c(s2)c(C(N)=O)nn3CC(=O)O)cn1.Cl.O=C(Nc1cccc(-c2ccccc2Cl)c1F)[C@@H]1C[C@@H](F)CN1.S=S=S=S=S=S=S=S. The van der Waals surface area contributed by atoms with Crippen molar-refractivity contribution in [1.29, 1.82) is 0 Å². The van der Waals surface area contributed by atoms with Crippen molar-refractivity contribution in [2.45, 2.75) is 64.2 Å². The van der Waals surface area contributed by atoms with Gasteiger partial charge in [0.25, 0.3) is 11.8 Å². The van der Waals surface area contributed by atoms with Gasteiger partial charge in [-0.1, -0.05) is 83.9 Å². The van der Waals surface area contributed by atoms with Crippen LogP contribution in [0.5, 0.6) is 0 Å². The summed E-state index contributed by atoms with van der Waals surface area (Å²) in [6.45, 7) is 2.61. The summed E-state index contributed by atoms with van der Waals surface area (Å²) in [5.74, 6) is -4.35. The van der Waals surface area contributed by atoms with Gasteiger partial charge in [-0.2, -0.15) is 10.2 Å². The summed E-state index contributed by atoms with van der Waals surface area (Å²) in [5, 5.41) is 25.7. The maximum atomic E-state index is 15.5. The Morgan fingerprint density at radius 2 is 1.07 bits per heavy atom. The van der Waals surface area contributed by atoms with Gasteiger partial charge >= 0.3 is 5.97 Å². The Morgan fingerprint density at radius 1 is 0.633 bits per heavy atom. The van der Waals surface area contributed by atoms with Crippen molar-refractivity contribution < 1.29 is 51.4 Å². The summed E-state index contributed by atoms with van der Waals surface area (Å²) in [6.07, 6.45) is 3.94. The molecule has 6 aromatic heterocycles. The summed E-state index contributed by atoms with van der Waals surface area (Å²) in [5.41, 5.74) is 14.8. The minimum atomic E-state index is -1.47. The van der Waals surface area contributed by atoms with Gasteiger partial charge in [0, 0.05) is 173 Å². The molecule has 512 valence electrons. The Hall–Kier alpha value is -7.49. The molecule has 10 aromatic rings. The maximum Gasteiger partial charge on any atom is 0.325 e. The lowest BCUT2D eigenvalue weighted by molar-refractivity contribution is -0.138. The lowest BCUT2D eigenvalue weighted by atomic mass is 10.0. The van der Waals surface area contributed by atoms with Crippen molar-refractivity contribution in [1.82, 2.24) is 49.7 Å². The van der Waals surface area contributed by atoms with E-state index < -0.39 is 78.1 Å². The highest BCUT2D eigenvalue weighted by molar-refractivity contribution is 8.70. The summed E-state index contributed by atoms with van der Waals surface area (Å²) < 4.78 is 61.6. The number of likely N-dealkylation sites (tertiary alicyclic amines) is 1. The second-order valence-electron chi connectivity index (χ2n) is 20.7. The molecule has 8 N–H and O–H groups in total. The molecule has 5 amide bonds. The average Bonchev–Trinajstić information content (AvgIpc) is 1.60. The van der Waals surface area contributed by atoms with Crippen LogP contribution in [0.4, 0.5) is 28.9 Å². The first-order valence-electron chi connectivity index (χ1n) is 28.2. The molecule has 0 radical (unpaired) electrons. The molecule has 2 fully saturated rings. The summed E-state index contributed by atoms with van der Waals surface area (Å²) >= 11 is 24.1. The largest absolute Gasteiger partial charge is 0.480 e. The van der Waals surface area contributed by atoms with Crippen LogP contribution >= 0.6 is 58.3 Å². The molecule has 0 aliphatic carbocycles. The van der Waals surface area contributed by atoms with Crippen molar-refractivity contribution in [3.63, 3.8) is 0 Å². The van der Waals surface area contributed by atoms with Gasteiger partial charge in [0.2, 0.25) is 17.7 Å². The van der Waals surface area contributed by atoms with Gasteiger partial charge in [0.1, 0.15) is 43.1 Å². The van der Waals surface area contributed by atoms with Crippen LogP contribution in [-0.4, -0.2) is 123 Å². The minimum absolute atomic E-state index is 0. The van der Waals surface area contributed by atoms with E-state index in [0.29, 0.717) is 64.4 Å². The smallest absolute Gasteiger partial charge is 0.325 e. The number of carbonyl (C=O) groups excluding carboxylic acids is 5. The number of carbonyl (C=O) groups is 6. The number of carboxylic acids is 1. The van der Waals surface area contributed by atoms with E-state index in [9.17, 15) is 41.9 Å². The number of halogens is 7. The topological polar surface area (TPSA) is 301 Å². The van der Waals surface area contributed by atoms with Gasteiger partial charge in [0.05, 0.1) is 44.4 Å². The fourth-order valence-electron chi connectivity index (χ4n) is 9.87. The van der Waals surface area contributed by atoms with Crippen molar-refractivity contribution in [2.24, 2.45) is 11.5 Å². The number of aryl methyl sites for hydroxylation is 2. The molecule has 4 aromatic carbocycles. The Labute approximate surface area is 606 Å². The predicted octanol–water partition coefficient (Wildman–Crippen LogP) is 10.2. The van der Waals surface area contributed by atoms with E-state index in [1.54, 1.807) is 153 Å². The van der Waals surface area contributed by atoms with Crippen LogP contribution in [0.25, 0.3) is 63.6 Å². The molecule has 12 rings (SSSR count). The van der Waals surface area contributed by atoms with Gasteiger partial charge in [-0.25, -0.2) is 37.5 Å². The molecule has 0 saturated carbocycles. The number of nitrogens with zero attached hydrogens (tertiary/aromatic N) is 9. The van der Waals surface area contributed by atoms with E-state index in [1.165, 1.54) is 68.0 Å². The van der Waals surface area contributed by atoms with Gasteiger partial charge in [-0.15, -0.1) is 35.1 Å². The number of aromatic nitrogens is 8. The lowest BCUT2D eigenvalue weighted by Gasteiger charge is -2.24. The molecular formula is C60H51Cl3F4N14O7S10. The standard InChI is InChI=1S/C30H24ClF2N7O3S.C17H15ClF2N2O.C13H11N5O3S.ClH.S8/c1-15-35-11-16(12-36-15)24-10-22-28(44-24)27(29(34)42)38-40(22)14-25(41)39-13-17(32)9-23(39)30(43)37-21-8-4-6-19(26(21)33)18-5-2-3-7-20(18)31;18-13-6-2-1-4-11(13)12-5-3-7-14(16(12)20)22-17(23)15-8-10(19)9-21-15;1-6-15-3-7(4-16-6)9-2-8-12(22-9)11(13(14)21)17-18(8)5-10(19)20;;1-3-5-7-8-6-4-2/h2-8,10-12,17,23H,9,13-14H2,1H3,(H2,34,42)(H,37,43);1-7,10,15,21H,8-9H2,(H,22,23);2-4H,5H2,1H3,(H2,14,21)(H,19,20);1H;/t17-,23+;10-,15+;;;/m11.../s1. The molecule has 2 aliphatic rings. The second kappa shape index (κ2) is 35.5. The summed E-state index contributed by atoms with van der Waals surface area (Å²) in [4.78, 5) is 92.8. The molecule has 4 atom stereocenters. The minimum Gasteiger partial charge on any atom is -0.480 e. The summed E-state index contributed by atoms with van der Waals surface area (Å²) in [6, 6.07) is 24.4. The first-order valence-corrected chi connectivity index (χ1v) is 39.9. The Morgan fingerprint density at radius 3 is 1.49 bits per heavy atom. The molecule has 0 unspecified atom stereocenters. The highest BCUT2D eigenvalue weighted by atomic mass is 35.5. The van der Waals surface area contributed by atoms with Crippen molar-refractivity contribution >= 4 is 201 Å². The maximum absolute atomic E-state index is 15.5. The number of rotatable bonds is 14. The number of primary amides is 2. The zero-order chi connectivity index (χ0) is 69.6. The number of hydrogen-bond donors (Lipinski definition) is 6. The highest BCUT2D eigenvalue weighted by Crippen LogP contribution is 2.39. The third-order valence-corrected chi connectivity index (χ3v) is 28.4. The first kappa shape index (κ1) is 76.3. The molecule has 0 spiro atoms. The lowest BCUT2D eigenvalue weighted by Crippen LogP contribution is -2.44. The molecular weight excluding hydrogens is 1530 g/mol. The van der Waals surface area contributed by atoms with E-state index in [-0.39, 0.29) is 73.2 Å². The number of nitrogens with two attached hydrogens (primary N) is 2. The van der Waals surface area contributed by atoms with Crippen LogP contribution in [-0.2, 0) is 108 Å². The van der Waals surface area contributed by atoms with E-state index in [1.807, 2.05) is 0 Å². The van der Waals surface area contributed by atoms with E-state index >= 15 is 4.39 Å². The van der Waals surface area contributed by atoms with Crippen LogP contribution in [0, 0.1) is 25.5 Å². The number of fused-ring (bicyclic) bond motifs is 2. The number of carboxylic acid groups (broad SMARTS) is 1. The number of hydrogen-bond acceptors (Lipinski definition) is 17. The number of alkyl halides is 2. The van der Waals surface area contributed by atoms with E-state index in [4.69, 9.17) is 39.8 Å². The zero-order valence-corrected chi connectivity index (χ0v) is 60.9. The number of benzene rings is 4. The van der Waals surface area contributed by atoms with Crippen molar-refractivity contribution in [2.75, 3.05) is 23.7 Å². The molecule has 8 heterocycles. The molecule has 38 heteroatoms. The number of thiophene rings is 2. The number of anilines is 2. The number of aliphatic carboxylic acids is 1. The average molecular weight is 1580 g/mol. The third-order valence-electron chi connectivity index (χ3n) is 14.3. The Kier molecular flexibility index (Phi) is 27.6. The van der Waals surface area contributed by atoms with Gasteiger partial charge in [0.15, 0.2) is 23.0 Å². The van der Waals surface area contributed by atoms with Crippen LogP contribution in [0.2, 0.25) is 10.0 Å². The van der Waals surface area contributed by atoms with Crippen LogP contribution in [0.3, 0.4) is 0 Å². The van der Waals surface area contributed by atoms with Crippen LogP contribution in [0.15, 0.2) is 122 Å². The normalized spacial score (nSPS) is 15.2. The Balaban J connectivity index is 0.000000191. The molecule has 2 aliphatic heterocycles. The van der Waals surface area contributed by atoms with Crippen LogP contribution < -0.4 is 27.4 Å². The number of amides is 5. The van der Waals surface area contributed by atoms with Gasteiger partial charge in [-0.05, 0) is 50.2 Å². The predicted molar refractivity (Wildman–Crippen MR) is 395 cm³/mol. The quantitative estimate of drug-likeness (QED) is 0.0552. The van der Waals surface area contributed by atoms with E-state index in [0.717, 1.165) is 20.2 Å². The van der Waals surface area contributed by atoms with Gasteiger partial charge in [-0.3, -0.25) is 38.1 Å².